The van der Waals surface area contributed by atoms with E-state index in [0.717, 1.165) is 17.7 Å². The maximum absolute atomic E-state index is 12.7. The zero-order valence-electron chi connectivity index (χ0n) is 10.7. The molecule has 0 amide bonds. The molecule has 0 bridgehead atoms. The highest BCUT2D eigenvalue weighted by molar-refractivity contribution is 7.89. The normalized spacial score (nSPS) is 20.4. The fourth-order valence-corrected chi connectivity index (χ4v) is 5.28. The first-order valence-electron chi connectivity index (χ1n) is 6.40. The van der Waals surface area contributed by atoms with Crippen molar-refractivity contribution in [3.8, 4) is 0 Å². The van der Waals surface area contributed by atoms with Crippen LogP contribution in [0.3, 0.4) is 0 Å². The Labute approximate surface area is 127 Å². The molecule has 1 fully saturated rings. The molecule has 20 heavy (non-hydrogen) atoms. The largest absolute Gasteiger partial charge is 0.243 e. The second-order valence-electron chi connectivity index (χ2n) is 4.74. The molecule has 3 rings (SSSR count). The summed E-state index contributed by atoms with van der Waals surface area (Å²) in [6.45, 7) is 0.577. The summed E-state index contributed by atoms with van der Waals surface area (Å²) in [5, 5.41) is 2.53. The Balaban J connectivity index is 1.96. The number of hydrogen-bond donors (Lipinski definition) is 0. The second-order valence-corrected chi connectivity index (χ2v) is 8.05. The van der Waals surface area contributed by atoms with Crippen molar-refractivity contribution in [3.63, 3.8) is 0 Å². The van der Waals surface area contributed by atoms with Crippen LogP contribution in [0.25, 0.3) is 0 Å². The monoisotopic (exact) mass is 327 g/mol. The minimum Gasteiger partial charge on any atom is -0.207 e. The molecule has 0 spiro atoms. The van der Waals surface area contributed by atoms with E-state index in [9.17, 15) is 8.42 Å². The van der Waals surface area contributed by atoms with Gasteiger partial charge >= 0.3 is 0 Å². The Hall–Kier alpha value is -0.880. The van der Waals surface area contributed by atoms with E-state index in [1.807, 2.05) is 17.5 Å². The highest BCUT2D eigenvalue weighted by Gasteiger charge is 2.36. The number of sulfonamides is 1. The highest BCUT2D eigenvalue weighted by Crippen LogP contribution is 2.38. The molecule has 106 valence electrons. The van der Waals surface area contributed by atoms with Crippen LogP contribution in [0, 0.1) is 0 Å². The first-order valence-corrected chi connectivity index (χ1v) is 9.09. The van der Waals surface area contributed by atoms with Gasteiger partial charge in [-0.3, -0.25) is 0 Å². The molecule has 1 atom stereocenters. The van der Waals surface area contributed by atoms with Gasteiger partial charge in [0.1, 0.15) is 0 Å². The summed E-state index contributed by atoms with van der Waals surface area (Å²) in [6, 6.07) is 10.3. The third kappa shape index (κ3) is 2.51. The lowest BCUT2D eigenvalue weighted by atomic mass is 10.2. The van der Waals surface area contributed by atoms with E-state index < -0.39 is 10.0 Å². The van der Waals surface area contributed by atoms with E-state index in [0.29, 0.717) is 16.5 Å². The number of halogens is 1. The lowest BCUT2D eigenvalue weighted by molar-refractivity contribution is 0.401. The number of hydrogen-bond acceptors (Lipinski definition) is 3. The molecule has 0 unspecified atom stereocenters. The van der Waals surface area contributed by atoms with Crippen molar-refractivity contribution in [2.75, 3.05) is 6.54 Å². The van der Waals surface area contributed by atoms with Gasteiger partial charge in [0, 0.05) is 16.4 Å². The van der Waals surface area contributed by atoms with E-state index in [-0.39, 0.29) is 6.04 Å². The number of rotatable bonds is 3. The summed E-state index contributed by atoms with van der Waals surface area (Å²) in [4.78, 5) is 1.42. The third-order valence-electron chi connectivity index (χ3n) is 3.50. The van der Waals surface area contributed by atoms with Gasteiger partial charge in [-0.2, -0.15) is 4.31 Å². The lowest BCUT2D eigenvalue weighted by Crippen LogP contribution is -2.30. The predicted octanol–water partition coefficient (Wildman–Crippen LogP) is 3.93. The average molecular weight is 328 g/mol. The third-order valence-corrected chi connectivity index (χ3v) is 6.64. The van der Waals surface area contributed by atoms with E-state index >= 15 is 0 Å². The quantitative estimate of drug-likeness (QED) is 0.856. The van der Waals surface area contributed by atoms with Crippen LogP contribution in [-0.2, 0) is 10.0 Å². The van der Waals surface area contributed by atoms with Crippen molar-refractivity contribution in [2.45, 2.75) is 23.8 Å². The minimum absolute atomic E-state index is 0.0318. The molecule has 1 aromatic carbocycles. The van der Waals surface area contributed by atoms with Gasteiger partial charge in [-0.1, -0.05) is 17.7 Å². The molecule has 1 aliphatic rings. The van der Waals surface area contributed by atoms with E-state index in [1.165, 1.54) is 0 Å². The summed E-state index contributed by atoms with van der Waals surface area (Å²) in [5.41, 5.74) is 0. The number of nitrogens with zero attached hydrogens (tertiary/aromatic N) is 1. The van der Waals surface area contributed by atoms with E-state index in [1.54, 1.807) is 39.9 Å². The van der Waals surface area contributed by atoms with Crippen molar-refractivity contribution >= 4 is 33.0 Å². The molecule has 2 heterocycles. The van der Waals surface area contributed by atoms with Gasteiger partial charge in [0.25, 0.3) is 0 Å². The smallest absolute Gasteiger partial charge is 0.207 e. The van der Waals surface area contributed by atoms with Gasteiger partial charge in [0.05, 0.1) is 10.9 Å². The summed E-state index contributed by atoms with van der Waals surface area (Å²) >= 11 is 7.44. The highest BCUT2D eigenvalue weighted by atomic mass is 35.5. The Morgan fingerprint density at radius 1 is 1.20 bits per heavy atom. The van der Waals surface area contributed by atoms with Crippen LogP contribution < -0.4 is 0 Å². The molecule has 0 saturated carbocycles. The van der Waals surface area contributed by atoms with Gasteiger partial charge in [0.2, 0.25) is 10.0 Å². The van der Waals surface area contributed by atoms with Crippen molar-refractivity contribution < 1.29 is 8.42 Å². The zero-order chi connectivity index (χ0) is 14.2. The summed E-state index contributed by atoms with van der Waals surface area (Å²) in [7, 11) is -3.45. The summed E-state index contributed by atoms with van der Waals surface area (Å²) in [6.07, 6.45) is 1.78. The Bertz CT molecular complexity index is 680. The molecular formula is C14H14ClNO2S2. The molecule has 6 heteroatoms. The Morgan fingerprint density at radius 2 is 1.95 bits per heavy atom. The molecule has 0 radical (unpaired) electrons. The minimum atomic E-state index is -3.45. The first-order chi connectivity index (χ1) is 9.59. The molecule has 1 aliphatic heterocycles. The van der Waals surface area contributed by atoms with Crippen LogP contribution in [0.15, 0.2) is 46.7 Å². The van der Waals surface area contributed by atoms with Crippen LogP contribution in [0.4, 0.5) is 0 Å². The van der Waals surface area contributed by atoms with Gasteiger partial charge in [-0.25, -0.2) is 8.42 Å². The zero-order valence-corrected chi connectivity index (χ0v) is 13.1. The molecule has 1 aromatic heterocycles. The van der Waals surface area contributed by atoms with Crippen molar-refractivity contribution in [3.05, 3.63) is 51.7 Å². The molecule has 2 aromatic rings. The summed E-state index contributed by atoms with van der Waals surface area (Å²) < 4.78 is 27.1. The Kier molecular flexibility index (Phi) is 3.86. The topological polar surface area (TPSA) is 37.4 Å². The predicted molar refractivity (Wildman–Crippen MR) is 81.6 cm³/mol. The van der Waals surface area contributed by atoms with Gasteiger partial charge in [-0.05, 0) is 48.6 Å². The van der Waals surface area contributed by atoms with Gasteiger partial charge in [0.15, 0.2) is 0 Å². The van der Waals surface area contributed by atoms with Crippen LogP contribution in [0.2, 0.25) is 5.02 Å². The van der Waals surface area contributed by atoms with Crippen molar-refractivity contribution in [1.82, 2.24) is 4.31 Å². The first kappa shape index (κ1) is 14.1. The summed E-state index contributed by atoms with van der Waals surface area (Å²) in [5.74, 6) is 0. The lowest BCUT2D eigenvalue weighted by Gasteiger charge is -2.23. The van der Waals surface area contributed by atoms with Crippen molar-refractivity contribution in [2.24, 2.45) is 0 Å². The van der Waals surface area contributed by atoms with Gasteiger partial charge in [-0.15, -0.1) is 11.3 Å². The fraction of sp³-hybridized carbons (Fsp3) is 0.286. The van der Waals surface area contributed by atoms with E-state index in [4.69, 9.17) is 11.6 Å². The molecule has 0 N–H and O–H groups in total. The molecule has 3 nitrogen and oxygen atoms in total. The molecule has 1 saturated heterocycles. The second kappa shape index (κ2) is 5.48. The standard InChI is InChI=1S/C14H14ClNO2S2/c15-11-5-7-12(8-6-11)20(17,18)16-9-1-3-13(16)14-4-2-10-19-14/h2,4-8,10,13H,1,3,9H2/t13-/m1/s1. The van der Waals surface area contributed by atoms with Crippen molar-refractivity contribution in [1.29, 1.82) is 0 Å². The van der Waals surface area contributed by atoms with Crippen LogP contribution >= 0.6 is 22.9 Å². The molecule has 0 aliphatic carbocycles. The fourth-order valence-electron chi connectivity index (χ4n) is 2.54. The Morgan fingerprint density at radius 3 is 2.60 bits per heavy atom. The SMILES string of the molecule is O=S(=O)(c1ccc(Cl)cc1)N1CCC[C@@H]1c1cccs1. The van der Waals surface area contributed by atoms with Crippen LogP contribution in [-0.4, -0.2) is 19.3 Å². The number of thiophene rings is 1. The number of benzene rings is 1. The van der Waals surface area contributed by atoms with Crippen LogP contribution in [0.1, 0.15) is 23.8 Å². The maximum atomic E-state index is 12.7. The van der Waals surface area contributed by atoms with Crippen LogP contribution in [0.5, 0.6) is 0 Å². The average Bonchev–Trinajstić information content (AvgIpc) is 3.10. The molecular weight excluding hydrogens is 314 g/mol. The van der Waals surface area contributed by atoms with Gasteiger partial charge < -0.3 is 0 Å². The maximum Gasteiger partial charge on any atom is 0.243 e. The van der Waals surface area contributed by atoms with E-state index in [2.05, 4.69) is 0 Å².